The van der Waals surface area contributed by atoms with Crippen LogP contribution in [0.25, 0.3) is 130 Å². The SMILES string of the molecule is CC.CC.CC.CC.CC.CC.CC.CC.CC.CC.CC.CC.Cc1cc2ccc3cccc4ccc(c1)c2c34.Cc1cc2cccc3ccc4cccc1c4c32.Cc1ccc(-c2ccccc2)cc1.Cc1ccc2ccc3cccc4ccc1c2c34.Cc1cccc(-c2ccccc2)c1.Cc1ccccc1-c1ccccc1. The topological polar surface area (TPSA) is 0 Å². The molecule has 18 rings (SSSR count). The van der Waals surface area contributed by atoms with Crippen molar-refractivity contribution in [3.8, 4) is 33.4 Å². The minimum Gasteiger partial charge on any atom is -0.0683 e. The van der Waals surface area contributed by atoms with Crippen LogP contribution >= 0.6 is 0 Å². The van der Waals surface area contributed by atoms with Gasteiger partial charge in [-0.3, -0.25) is 0 Å². The third kappa shape index (κ3) is 28.0. The molecule has 0 unspecified atom stereocenters. The van der Waals surface area contributed by atoms with Gasteiger partial charge < -0.3 is 0 Å². The maximum Gasteiger partial charge on any atom is -0.00241 e. The Labute approximate surface area is 694 Å². The van der Waals surface area contributed by atoms with Crippen molar-refractivity contribution >= 4 is 97.0 Å². The average molecular weight is 1510 g/mol. The molecule has 600 valence electrons. The molecule has 0 aliphatic heterocycles. The second-order valence-corrected chi connectivity index (χ2v) is 23.9. The van der Waals surface area contributed by atoms with Crippen molar-refractivity contribution in [2.75, 3.05) is 0 Å². The Morgan fingerprint density at radius 1 is 0.132 bits per heavy atom. The fourth-order valence-electron chi connectivity index (χ4n) is 13.1. The lowest BCUT2D eigenvalue weighted by atomic mass is 9.92. The van der Waals surface area contributed by atoms with Gasteiger partial charge in [0.1, 0.15) is 0 Å². The Bertz CT molecular complexity index is 5250. The first-order chi connectivity index (χ1) is 56.1. The summed E-state index contributed by atoms with van der Waals surface area (Å²) in [5.41, 5.74) is 15.7. The highest BCUT2D eigenvalue weighted by Crippen LogP contribution is 2.39. The Morgan fingerprint density at radius 3 is 0.842 bits per heavy atom. The number of hydrogen-bond donors (Lipinski definition) is 0. The Balaban J connectivity index is 0.000000651. The maximum atomic E-state index is 2.30. The van der Waals surface area contributed by atoms with Crippen LogP contribution in [0.4, 0.5) is 0 Å². The smallest absolute Gasteiger partial charge is 0.00241 e. The molecule has 0 saturated carbocycles. The van der Waals surface area contributed by atoms with Gasteiger partial charge in [-0.1, -0.05) is 505 Å². The molecule has 0 amide bonds. The first-order valence-electron chi connectivity index (χ1n) is 43.4. The minimum atomic E-state index is 1.28. The zero-order valence-electron chi connectivity index (χ0n) is 76.2. The van der Waals surface area contributed by atoms with Crippen molar-refractivity contribution in [3.63, 3.8) is 0 Å². The van der Waals surface area contributed by atoms with Gasteiger partial charge in [0, 0.05) is 0 Å². The second kappa shape index (κ2) is 58.9. The van der Waals surface area contributed by atoms with Gasteiger partial charge in [0.15, 0.2) is 0 Å². The van der Waals surface area contributed by atoms with E-state index in [0.29, 0.717) is 0 Å². The van der Waals surface area contributed by atoms with Crippen LogP contribution < -0.4 is 0 Å². The summed E-state index contributed by atoms with van der Waals surface area (Å²) in [6.45, 7) is 60.9. The van der Waals surface area contributed by atoms with Crippen molar-refractivity contribution in [1.82, 2.24) is 0 Å². The monoisotopic (exact) mass is 1510 g/mol. The zero-order valence-corrected chi connectivity index (χ0v) is 76.2. The Hall–Kier alpha value is -10.9. The van der Waals surface area contributed by atoms with E-state index >= 15 is 0 Å². The molecule has 0 heterocycles. The van der Waals surface area contributed by atoms with Crippen molar-refractivity contribution in [2.45, 2.75) is 208 Å². The predicted molar refractivity (Wildman–Crippen MR) is 531 cm³/mol. The summed E-state index contributed by atoms with van der Waals surface area (Å²) < 4.78 is 0. The first-order valence-corrected chi connectivity index (χ1v) is 43.4. The molecule has 0 bridgehead atoms. The molecule has 0 aliphatic carbocycles. The molecule has 18 aromatic rings. The van der Waals surface area contributed by atoms with Gasteiger partial charge in [-0.25, -0.2) is 0 Å². The van der Waals surface area contributed by atoms with Gasteiger partial charge >= 0.3 is 0 Å². The van der Waals surface area contributed by atoms with Crippen LogP contribution in [0.3, 0.4) is 0 Å². The lowest BCUT2D eigenvalue weighted by Crippen LogP contribution is -1.85. The van der Waals surface area contributed by atoms with Gasteiger partial charge in [0.05, 0.1) is 0 Å². The molecule has 0 N–H and O–H groups in total. The Morgan fingerprint density at radius 2 is 0.412 bits per heavy atom. The van der Waals surface area contributed by atoms with E-state index in [-0.39, 0.29) is 0 Å². The number of aryl methyl sites for hydroxylation is 6. The van der Waals surface area contributed by atoms with E-state index < -0.39 is 0 Å². The molecule has 0 aliphatic rings. The summed E-state index contributed by atoms with van der Waals surface area (Å²) in [5.74, 6) is 0. The van der Waals surface area contributed by atoms with E-state index in [1.807, 2.05) is 184 Å². The summed E-state index contributed by atoms with van der Waals surface area (Å²) in [7, 11) is 0. The fourth-order valence-corrected chi connectivity index (χ4v) is 13.1. The van der Waals surface area contributed by atoms with E-state index in [0.717, 1.165) is 0 Å². The van der Waals surface area contributed by atoms with E-state index in [9.17, 15) is 0 Å². The van der Waals surface area contributed by atoms with Gasteiger partial charge in [0.25, 0.3) is 0 Å². The van der Waals surface area contributed by atoms with Crippen LogP contribution in [0.15, 0.2) is 328 Å². The third-order valence-corrected chi connectivity index (χ3v) is 17.6. The molecule has 0 radical (unpaired) electrons. The molecule has 0 nitrogen and oxygen atoms in total. The van der Waals surface area contributed by atoms with Crippen molar-refractivity contribution in [1.29, 1.82) is 0 Å². The molecule has 0 heteroatoms. The normalized spacial score (nSPS) is 9.32. The molecule has 114 heavy (non-hydrogen) atoms. The average Bonchev–Trinajstić information content (AvgIpc) is 0.764. The lowest BCUT2D eigenvalue weighted by Gasteiger charge is -2.12. The van der Waals surface area contributed by atoms with Crippen molar-refractivity contribution in [3.05, 3.63) is 361 Å². The predicted octanol–water partition coefficient (Wildman–Crippen LogP) is 38.0. The molecule has 0 aromatic heterocycles. The van der Waals surface area contributed by atoms with E-state index in [1.54, 1.807) is 0 Å². The lowest BCUT2D eigenvalue weighted by molar-refractivity contribution is 1.46. The van der Waals surface area contributed by atoms with Crippen LogP contribution in [-0.4, -0.2) is 0 Å². The van der Waals surface area contributed by atoms with E-state index in [2.05, 4.69) is 351 Å². The van der Waals surface area contributed by atoms with Crippen LogP contribution in [0.2, 0.25) is 0 Å². The summed E-state index contributed by atoms with van der Waals surface area (Å²) >= 11 is 0. The third-order valence-electron chi connectivity index (χ3n) is 17.6. The highest BCUT2D eigenvalue weighted by molar-refractivity contribution is 6.25. The first kappa shape index (κ1) is 101. The molecule has 0 atom stereocenters. The van der Waals surface area contributed by atoms with Crippen molar-refractivity contribution < 1.29 is 0 Å². The largest absolute Gasteiger partial charge is 0.0683 e. The van der Waals surface area contributed by atoms with E-state index in [1.165, 1.54) is 164 Å². The zero-order chi connectivity index (χ0) is 85.5. The van der Waals surface area contributed by atoms with Gasteiger partial charge in [-0.15, -0.1) is 0 Å². The molecule has 18 aromatic carbocycles. The molecular formula is C114H144. The second-order valence-electron chi connectivity index (χ2n) is 23.9. The number of benzene rings is 18. The van der Waals surface area contributed by atoms with Crippen LogP contribution in [0.1, 0.15) is 200 Å². The van der Waals surface area contributed by atoms with Crippen LogP contribution in [0, 0.1) is 41.5 Å². The fraction of sp³-hybridized carbons (Fsp3) is 0.263. The number of rotatable bonds is 3. The van der Waals surface area contributed by atoms with Gasteiger partial charge in [-0.05, 0) is 194 Å². The van der Waals surface area contributed by atoms with Crippen LogP contribution in [0.5, 0.6) is 0 Å². The highest BCUT2D eigenvalue weighted by atomic mass is 14.2. The minimum absolute atomic E-state index is 1.28. The highest BCUT2D eigenvalue weighted by Gasteiger charge is 2.12. The van der Waals surface area contributed by atoms with Crippen LogP contribution in [-0.2, 0) is 0 Å². The quantitative estimate of drug-likeness (QED) is 0.155. The Kier molecular flexibility index (Phi) is 52.2. The summed E-state index contributed by atoms with van der Waals surface area (Å²) in [6.07, 6.45) is 0. The number of hydrogen-bond acceptors (Lipinski definition) is 0. The maximum absolute atomic E-state index is 2.30. The van der Waals surface area contributed by atoms with Gasteiger partial charge in [0.2, 0.25) is 0 Å². The molecular weight excluding hydrogens is 1370 g/mol. The summed E-state index contributed by atoms with van der Waals surface area (Å²) in [4.78, 5) is 0. The standard InChI is InChI=1S/3C17H12.3C13H12.12C2H6/c1-11-10-14-6-2-4-12-8-9-13-5-3-7-15(11)17(13)16(12)14;1-11-9-14-7-5-12-3-2-4-13-6-8-15(10-11)17(14)16(12)13;1-11-5-6-14-8-7-12-3-2-4-13-9-10-15(11)17(14)16(12)13;1-11-7-5-6-10-13(11)12-8-3-2-4-9-12;1-11-6-5-9-13(10-11)12-7-3-2-4-8-12;1-11-7-9-13(10-8-11)12-5-3-2-4-6-12;12*1-2/h3*2-10H,1H3;3*2-10H,1H3;12*1-2H3. The molecule has 0 fully saturated rings. The molecule has 0 saturated heterocycles. The molecule has 0 spiro atoms. The van der Waals surface area contributed by atoms with Crippen molar-refractivity contribution in [2.24, 2.45) is 0 Å². The summed E-state index contributed by atoms with van der Waals surface area (Å²) in [5, 5.41) is 24.7. The van der Waals surface area contributed by atoms with E-state index in [4.69, 9.17) is 0 Å². The van der Waals surface area contributed by atoms with Gasteiger partial charge in [-0.2, -0.15) is 0 Å². The summed E-state index contributed by atoms with van der Waals surface area (Å²) in [6, 6.07) is 117.